The van der Waals surface area contributed by atoms with Crippen LogP contribution in [0.25, 0.3) is 0 Å². The van der Waals surface area contributed by atoms with Crippen LogP contribution in [0.15, 0.2) is 48.5 Å². The molecule has 2 aromatic rings. The van der Waals surface area contributed by atoms with Crippen molar-refractivity contribution in [1.29, 1.82) is 0 Å². The summed E-state index contributed by atoms with van der Waals surface area (Å²) in [5.41, 5.74) is -3.00. The van der Waals surface area contributed by atoms with Gasteiger partial charge in [0.2, 0.25) is 0 Å². The predicted octanol–water partition coefficient (Wildman–Crippen LogP) is 4.02. The molecule has 5 aliphatic carbocycles. The van der Waals surface area contributed by atoms with Crippen LogP contribution in [0.1, 0.15) is 53.3 Å². The van der Waals surface area contributed by atoms with Crippen molar-refractivity contribution in [2.24, 2.45) is 34.5 Å². The second-order valence-corrected chi connectivity index (χ2v) is 16.2. The molecule has 7 bridgehead atoms. The molecule has 288 valence electrons. The third kappa shape index (κ3) is 4.81. The van der Waals surface area contributed by atoms with E-state index in [-0.39, 0.29) is 54.3 Å². The van der Waals surface area contributed by atoms with E-state index in [0.717, 1.165) is 25.9 Å². The minimum Gasteiger partial charge on any atom is -0.497 e. The van der Waals surface area contributed by atoms with Crippen molar-refractivity contribution in [2.45, 2.75) is 74.3 Å². The molecule has 6 aliphatic rings. The summed E-state index contributed by atoms with van der Waals surface area (Å²) >= 11 is 0. The molecule has 0 amide bonds. The molecule has 12 nitrogen and oxygen atoms in total. The number of hydrogen-bond donors (Lipinski definition) is 1. The normalized spacial score (nSPS) is 41.8. The zero-order valence-corrected chi connectivity index (χ0v) is 31.7. The van der Waals surface area contributed by atoms with E-state index in [9.17, 15) is 14.7 Å². The number of likely N-dealkylation sites (tertiary alicyclic amines) is 1. The van der Waals surface area contributed by atoms with E-state index < -0.39 is 46.7 Å². The SMILES string of the molecule is CCN1CC2(COC)CCC(OC)C34C5CC6(O)C(OC)CC(OC(=O)c7ccc(OC)cc7)(C5C6OC(=O)c5ccc(OC)cc5)C(C(OC)C23)C14. The summed E-state index contributed by atoms with van der Waals surface area (Å²) in [5.74, 6) is -1.19. The number of nitrogens with zero attached hydrogens (tertiary/aromatic N) is 1. The van der Waals surface area contributed by atoms with E-state index >= 15 is 0 Å². The predicted molar refractivity (Wildman–Crippen MR) is 191 cm³/mol. The summed E-state index contributed by atoms with van der Waals surface area (Å²) < 4.78 is 49.9. The quantitative estimate of drug-likeness (QED) is 0.316. The Labute approximate surface area is 311 Å². The van der Waals surface area contributed by atoms with Gasteiger partial charge in [0.05, 0.1) is 50.3 Å². The van der Waals surface area contributed by atoms with Crippen LogP contribution in [0.2, 0.25) is 0 Å². The Kier molecular flexibility index (Phi) is 9.14. The third-order valence-corrected chi connectivity index (χ3v) is 14.6. The molecule has 6 fully saturated rings. The molecule has 0 aromatic heterocycles. The zero-order valence-electron chi connectivity index (χ0n) is 31.7. The highest BCUT2D eigenvalue weighted by molar-refractivity contribution is 5.90. The Morgan fingerprint density at radius 2 is 1.43 bits per heavy atom. The van der Waals surface area contributed by atoms with Crippen LogP contribution in [0, 0.1) is 34.5 Å². The van der Waals surface area contributed by atoms with E-state index in [1.165, 1.54) is 0 Å². The summed E-state index contributed by atoms with van der Waals surface area (Å²) in [4.78, 5) is 31.3. The molecule has 1 spiro atoms. The first-order chi connectivity index (χ1) is 25.6. The van der Waals surface area contributed by atoms with Crippen LogP contribution in [-0.4, -0.2) is 126 Å². The summed E-state index contributed by atoms with van der Waals surface area (Å²) in [7, 11) is 10.0. The van der Waals surface area contributed by atoms with E-state index in [2.05, 4.69) is 11.8 Å². The molecule has 0 radical (unpaired) electrons. The smallest absolute Gasteiger partial charge is 0.338 e. The van der Waals surface area contributed by atoms with Gasteiger partial charge in [-0.05, 0) is 80.3 Å². The Morgan fingerprint density at radius 1 is 0.811 bits per heavy atom. The molecule has 13 unspecified atom stereocenters. The van der Waals surface area contributed by atoms with Gasteiger partial charge in [-0.25, -0.2) is 9.59 Å². The lowest BCUT2D eigenvalue weighted by Gasteiger charge is -2.69. The molecule has 1 heterocycles. The van der Waals surface area contributed by atoms with E-state index in [1.807, 2.05) is 0 Å². The fourth-order valence-electron chi connectivity index (χ4n) is 13.1. The molecule has 13 atom stereocenters. The second kappa shape index (κ2) is 13.2. The number of piperidine rings is 1. The highest BCUT2D eigenvalue weighted by Gasteiger charge is 2.90. The number of rotatable bonds is 12. The third-order valence-electron chi connectivity index (χ3n) is 14.6. The van der Waals surface area contributed by atoms with Crippen LogP contribution in [0.3, 0.4) is 0 Å². The Hall–Kier alpha value is -3.26. The van der Waals surface area contributed by atoms with Crippen molar-refractivity contribution in [3.8, 4) is 11.5 Å². The van der Waals surface area contributed by atoms with Gasteiger partial charge < -0.3 is 43.0 Å². The summed E-state index contributed by atoms with van der Waals surface area (Å²) in [6.07, 6.45) is -0.284. The zero-order chi connectivity index (χ0) is 37.5. The Morgan fingerprint density at radius 3 is 1.98 bits per heavy atom. The van der Waals surface area contributed by atoms with Crippen molar-refractivity contribution in [2.75, 3.05) is 62.4 Å². The molecule has 1 N–H and O–H groups in total. The number of hydrogen-bond acceptors (Lipinski definition) is 12. The van der Waals surface area contributed by atoms with Crippen molar-refractivity contribution in [3.05, 3.63) is 59.7 Å². The highest BCUT2D eigenvalue weighted by atomic mass is 16.6. The molecule has 5 saturated carbocycles. The van der Waals surface area contributed by atoms with Gasteiger partial charge in [-0.3, -0.25) is 4.90 Å². The lowest BCUT2D eigenvalue weighted by molar-refractivity contribution is -0.282. The second-order valence-electron chi connectivity index (χ2n) is 16.2. The number of aliphatic hydroxyl groups is 1. The maximum Gasteiger partial charge on any atom is 0.338 e. The lowest BCUT2D eigenvalue weighted by atomic mass is 9.43. The van der Waals surface area contributed by atoms with Crippen molar-refractivity contribution >= 4 is 11.9 Å². The van der Waals surface area contributed by atoms with E-state index in [4.69, 9.17) is 37.9 Å². The highest BCUT2D eigenvalue weighted by Crippen LogP contribution is 2.80. The van der Waals surface area contributed by atoms with Crippen LogP contribution < -0.4 is 9.47 Å². The largest absolute Gasteiger partial charge is 0.497 e. The number of fused-ring (bicyclic) bond motifs is 2. The maximum absolute atomic E-state index is 14.6. The Bertz CT molecular complexity index is 1700. The topological polar surface area (TPSA) is 131 Å². The number of carbonyl (C=O) groups excluding carboxylic acids is 2. The van der Waals surface area contributed by atoms with Gasteiger partial charge in [0.15, 0.2) is 0 Å². The fraction of sp³-hybridized carbons (Fsp3) is 0.659. The standard InChI is InChI=1S/C41H53NO11/c1-8-42-21-38(22-46-2)18-17-28(49-5)41-27-19-39(45)29(50-6)20-40(31(34(41)42)32(51-7)33(38)41,53-37(44)24-11-15-26(48-4)16-12-24)30(27)35(39)52-36(43)23-9-13-25(47-3)14-10-23/h9-16,27-35,45H,8,17-22H2,1-7H3. The maximum atomic E-state index is 14.6. The van der Waals surface area contributed by atoms with Crippen LogP contribution >= 0.6 is 0 Å². The van der Waals surface area contributed by atoms with Gasteiger partial charge in [0.1, 0.15) is 28.8 Å². The number of methoxy groups -OCH3 is 6. The molecule has 8 rings (SSSR count). The summed E-state index contributed by atoms with van der Waals surface area (Å²) in [5, 5.41) is 13.1. The van der Waals surface area contributed by atoms with E-state index in [0.29, 0.717) is 29.2 Å². The van der Waals surface area contributed by atoms with Gasteiger partial charge in [-0.15, -0.1) is 0 Å². The van der Waals surface area contributed by atoms with Crippen LogP contribution in [-0.2, 0) is 28.4 Å². The summed E-state index contributed by atoms with van der Waals surface area (Å²) in [6, 6.07) is 13.4. The van der Waals surface area contributed by atoms with Gasteiger partial charge in [0, 0.05) is 76.0 Å². The average Bonchev–Trinajstić information content (AvgIpc) is 3.56. The van der Waals surface area contributed by atoms with Gasteiger partial charge in [-0.1, -0.05) is 6.92 Å². The molecular weight excluding hydrogens is 682 g/mol. The number of esters is 2. The monoisotopic (exact) mass is 735 g/mol. The van der Waals surface area contributed by atoms with Gasteiger partial charge in [0.25, 0.3) is 0 Å². The molecule has 53 heavy (non-hydrogen) atoms. The molecule has 2 aromatic carbocycles. The van der Waals surface area contributed by atoms with Gasteiger partial charge >= 0.3 is 11.9 Å². The summed E-state index contributed by atoms with van der Waals surface area (Å²) in [6.45, 7) is 4.26. The average molecular weight is 736 g/mol. The molecule has 12 heteroatoms. The van der Waals surface area contributed by atoms with Crippen molar-refractivity contribution in [1.82, 2.24) is 4.90 Å². The fourth-order valence-corrected chi connectivity index (χ4v) is 13.1. The molecule has 1 aliphatic heterocycles. The lowest BCUT2D eigenvalue weighted by Crippen LogP contribution is -2.77. The number of ether oxygens (including phenoxy) is 8. The van der Waals surface area contributed by atoms with Gasteiger partial charge in [-0.2, -0.15) is 0 Å². The molecule has 1 saturated heterocycles. The number of benzene rings is 2. The first-order valence-corrected chi connectivity index (χ1v) is 18.8. The minimum atomic E-state index is -1.57. The van der Waals surface area contributed by atoms with Crippen LogP contribution in [0.4, 0.5) is 0 Å². The van der Waals surface area contributed by atoms with E-state index in [1.54, 1.807) is 91.2 Å². The number of carbonyl (C=O) groups is 2. The minimum absolute atomic E-state index is 0.0510. The van der Waals surface area contributed by atoms with Crippen molar-refractivity contribution < 1.29 is 52.6 Å². The molecular formula is C41H53NO11. The van der Waals surface area contributed by atoms with Crippen molar-refractivity contribution in [3.63, 3.8) is 0 Å². The Balaban J connectivity index is 1.35. The first-order valence-electron chi connectivity index (χ1n) is 18.8. The van der Waals surface area contributed by atoms with Crippen LogP contribution in [0.5, 0.6) is 11.5 Å². The first kappa shape index (κ1) is 36.7.